The molecular weight excluding hydrogens is 348 g/mol. The number of nitrogens with one attached hydrogen (secondary N) is 1. The Bertz CT molecular complexity index is 442. The van der Waals surface area contributed by atoms with Crippen LogP contribution in [0.3, 0.4) is 0 Å². The highest BCUT2D eigenvalue weighted by atomic mass is 79.9. The van der Waals surface area contributed by atoms with Crippen LogP contribution in [0.5, 0.6) is 0 Å². The second-order valence-corrected chi connectivity index (χ2v) is 7.12. The van der Waals surface area contributed by atoms with Gasteiger partial charge in [-0.25, -0.2) is 0 Å². The topological polar surface area (TPSA) is 32.3 Å². The summed E-state index contributed by atoms with van der Waals surface area (Å²) in [6, 6.07) is 2.11. The number of amides is 1. The highest BCUT2D eigenvalue weighted by Gasteiger charge is 2.37. The lowest BCUT2D eigenvalue weighted by Gasteiger charge is -2.17. The zero-order chi connectivity index (χ0) is 12.5. The SMILES string of the molecule is Cl.O=C(CCc1cc(Br)cs1)N1C[C@H]2CNC[C@H]2C1. The molecule has 106 valence electrons. The molecule has 1 N–H and O–H groups in total. The molecule has 1 aromatic heterocycles. The normalized spacial score (nSPS) is 25.2. The summed E-state index contributed by atoms with van der Waals surface area (Å²) in [7, 11) is 0. The number of nitrogens with zero attached hydrogens (tertiary/aromatic N) is 1. The van der Waals surface area contributed by atoms with Crippen molar-refractivity contribution in [2.24, 2.45) is 11.8 Å². The summed E-state index contributed by atoms with van der Waals surface area (Å²) in [5.41, 5.74) is 0. The number of fused-ring (bicyclic) bond motifs is 1. The molecule has 1 amide bonds. The fourth-order valence-corrected chi connectivity index (χ4v) is 4.39. The largest absolute Gasteiger partial charge is 0.342 e. The van der Waals surface area contributed by atoms with Gasteiger partial charge in [0.05, 0.1) is 0 Å². The first kappa shape index (κ1) is 15.3. The van der Waals surface area contributed by atoms with E-state index in [1.54, 1.807) is 11.3 Å². The molecule has 3 nitrogen and oxygen atoms in total. The van der Waals surface area contributed by atoms with E-state index in [1.807, 2.05) is 0 Å². The third-order valence-electron chi connectivity index (χ3n) is 3.95. The maximum absolute atomic E-state index is 12.2. The third-order valence-corrected chi connectivity index (χ3v) is 5.71. The van der Waals surface area contributed by atoms with Crippen LogP contribution in [0.4, 0.5) is 0 Å². The summed E-state index contributed by atoms with van der Waals surface area (Å²) < 4.78 is 1.12. The van der Waals surface area contributed by atoms with E-state index < -0.39 is 0 Å². The van der Waals surface area contributed by atoms with Crippen LogP contribution in [0.2, 0.25) is 0 Å². The minimum absolute atomic E-state index is 0. The van der Waals surface area contributed by atoms with Gasteiger partial charge in [-0.2, -0.15) is 0 Å². The number of hydrogen-bond acceptors (Lipinski definition) is 3. The van der Waals surface area contributed by atoms with Crippen LogP contribution < -0.4 is 5.32 Å². The van der Waals surface area contributed by atoms with Crippen LogP contribution >= 0.6 is 39.7 Å². The van der Waals surface area contributed by atoms with Gasteiger partial charge in [-0.15, -0.1) is 23.7 Å². The number of carbonyl (C=O) groups excluding carboxylic acids is 1. The molecule has 3 rings (SSSR count). The van der Waals surface area contributed by atoms with Crippen molar-refractivity contribution in [3.8, 4) is 0 Å². The van der Waals surface area contributed by atoms with Gasteiger partial charge in [0.2, 0.25) is 5.91 Å². The van der Waals surface area contributed by atoms with Crippen molar-refractivity contribution < 1.29 is 4.79 Å². The summed E-state index contributed by atoms with van der Waals surface area (Å²) in [5.74, 6) is 1.73. The van der Waals surface area contributed by atoms with Crippen molar-refractivity contribution in [2.45, 2.75) is 12.8 Å². The molecule has 2 fully saturated rings. The zero-order valence-electron chi connectivity index (χ0n) is 10.6. The van der Waals surface area contributed by atoms with E-state index >= 15 is 0 Å². The molecule has 0 bridgehead atoms. The Kier molecular flexibility index (Phi) is 5.29. The van der Waals surface area contributed by atoms with Crippen molar-refractivity contribution in [1.82, 2.24) is 10.2 Å². The lowest BCUT2D eigenvalue weighted by atomic mass is 10.0. The molecule has 0 aromatic carbocycles. The summed E-state index contributed by atoms with van der Waals surface area (Å²) >= 11 is 5.17. The summed E-state index contributed by atoms with van der Waals surface area (Å²) in [5, 5.41) is 5.48. The van der Waals surface area contributed by atoms with Crippen LogP contribution in [0.25, 0.3) is 0 Å². The smallest absolute Gasteiger partial charge is 0.222 e. The van der Waals surface area contributed by atoms with Crippen LogP contribution in [0.1, 0.15) is 11.3 Å². The highest BCUT2D eigenvalue weighted by Crippen LogP contribution is 2.27. The molecule has 0 spiro atoms. The van der Waals surface area contributed by atoms with Gasteiger partial charge in [0, 0.05) is 47.3 Å². The van der Waals surface area contributed by atoms with Crippen LogP contribution in [-0.2, 0) is 11.2 Å². The molecule has 3 heterocycles. The first-order chi connectivity index (χ1) is 8.72. The lowest BCUT2D eigenvalue weighted by molar-refractivity contribution is -0.130. The van der Waals surface area contributed by atoms with Gasteiger partial charge in [0.15, 0.2) is 0 Å². The molecule has 2 aliphatic heterocycles. The fraction of sp³-hybridized carbons (Fsp3) is 0.615. The summed E-state index contributed by atoms with van der Waals surface area (Å²) in [4.78, 5) is 15.5. The van der Waals surface area contributed by atoms with Gasteiger partial charge >= 0.3 is 0 Å². The molecule has 2 saturated heterocycles. The van der Waals surface area contributed by atoms with E-state index in [-0.39, 0.29) is 12.4 Å². The molecule has 19 heavy (non-hydrogen) atoms. The average molecular weight is 366 g/mol. The Labute approximate surface area is 132 Å². The highest BCUT2D eigenvalue weighted by molar-refractivity contribution is 9.10. The second kappa shape index (κ2) is 6.57. The van der Waals surface area contributed by atoms with Gasteiger partial charge in [-0.05, 0) is 40.3 Å². The quantitative estimate of drug-likeness (QED) is 0.893. The Morgan fingerprint density at radius 1 is 1.42 bits per heavy atom. The third kappa shape index (κ3) is 3.51. The minimum Gasteiger partial charge on any atom is -0.342 e. The molecule has 0 unspecified atom stereocenters. The number of thiophene rings is 1. The van der Waals surface area contributed by atoms with Gasteiger partial charge in [0.25, 0.3) is 0 Å². The molecule has 1 aromatic rings. The maximum Gasteiger partial charge on any atom is 0.222 e. The molecule has 0 aliphatic carbocycles. The second-order valence-electron chi connectivity index (χ2n) is 5.21. The molecule has 2 atom stereocenters. The lowest BCUT2D eigenvalue weighted by Crippen LogP contribution is -2.31. The van der Waals surface area contributed by atoms with E-state index in [9.17, 15) is 4.79 Å². The Balaban J connectivity index is 0.00000133. The Morgan fingerprint density at radius 3 is 2.68 bits per heavy atom. The van der Waals surface area contributed by atoms with E-state index in [1.165, 1.54) is 4.88 Å². The first-order valence-electron chi connectivity index (χ1n) is 6.44. The number of halogens is 2. The van der Waals surface area contributed by atoms with E-state index in [2.05, 4.69) is 37.6 Å². The number of likely N-dealkylation sites (tertiary alicyclic amines) is 1. The number of hydrogen-bond donors (Lipinski definition) is 1. The Hall–Kier alpha value is -0.100. The van der Waals surface area contributed by atoms with Crippen LogP contribution in [0, 0.1) is 11.8 Å². The van der Waals surface area contributed by atoms with Crippen molar-refractivity contribution in [1.29, 1.82) is 0 Å². The average Bonchev–Trinajstić information content (AvgIpc) is 3.00. The summed E-state index contributed by atoms with van der Waals surface area (Å²) in [6.07, 6.45) is 1.53. The van der Waals surface area contributed by atoms with Crippen molar-refractivity contribution in [2.75, 3.05) is 26.2 Å². The minimum atomic E-state index is 0. The summed E-state index contributed by atoms with van der Waals surface area (Å²) in [6.45, 7) is 4.11. The molecular formula is C13H18BrClN2OS. The van der Waals surface area contributed by atoms with Crippen molar-refractivity contribution in [3.05, 3.63) is 20.8 Å². The van der Waals surface area contributed by atoms with Crippen LogP contribution in [0.15, 0.2) is 15.9 Å². The van der Waals surface area contributed by atoms with Crippen molar-refractivity contribution in [3.63, 3.8) is 0 Å². The van der Waals surface area contributed by atoms with E-state index in [0.717, 1.165) is 37.1 Å². The Morgan fingerprint density at radius 2 is 2.11 bits per heavy atom. The molecule has 0 saturated carbocycles. The van der Waals surface area contributed by atoms with Gasteiger partial charge in [-0.3, -0.25) is 4.79 Å². The number of carbonyl (C=O) groups is 1. The monoisotopic (exact) mass is 364 g/mol. The van der Waals surface area contributed by atoms with E-state index in [4.69, 9.17) is 0 Å². The fourth-order valence-electron chi connectivity index (χ4n) is 2.93. The molecule has 6 heteroatoms. The van der Waals surface area contributed by atoms with Crippen molar-refractivity contribution >= 4 is 45.6 Å². The number of rotatable bonds is 3. The van der Waals surface area contributed by atoms with Gasteiger partial charge in [-0.1, -0.05) is 0 Å². The van der Waals surface area contributed by atoms with E-state index in [0.29, 0.717) is 24.2 Å². The zero-order valence-corrected chi connectivity index (χ0v) is 13.8. The predicted molar refractivity (Wildman–Crippen MR) is 84.0 cm³/mol. The maximum atomic E-state index is 12.2. The van der Waals surface area contributed by atoms with Gasteiger partial charge in [0.1, 0.15) is 0 Å². The standard InChI is InChI=1S/C13H17BrN2OS.ClH/c14-11-3-12(18-8-11)1-2-13(17)16-6-9-4-15-5-10(9)7-16;/h3,8-10,15H,1-2,4-7H2;1H/t9-,10+;. The molecule has 0 radical (unpaired) electrons. The molecule has 2 aliphatic rings. The first-order valence-corrected chi connectivity index (χ1v) is 8.11. The number of aryl methyl sites for hydroxylation is 1. The van der Waals surface area contributed by atoms with Gasteiger partial charge < -0.3 is 10.2 Å². The van der Waals surface area contributed by atoms with Crippen LogP contribution in [-0.4, -0.2) is 37.0 Å². The predicted octanol–water partition coefficient (Wildman–Crippen LogP) is 2.54.